The highest BCUT2D eigenvalue weighted by molar-refractivity contribution is 6.22. The van der Waals surface area contributed by atoms with Gasteiger partial charge in [-0.15, -0.1) is 0 Å². The van der Waals surface area contributed by atoms with E-state index in [2.05, 4.69) is 5.32 Å². The third kappa shape index (κ3) is 2.98. The molecule has 0 saturated heterocycles. The minimum absolute atomic E-state index is 0.190. The Labute approximate surface area is 151 Å². The van der Waals surface area contributed by atoms with Gasteiger partial charge < -0.3 is 10.4 Å². The van der Waals surface area contributed by atoms with Gasteiger partial charge in [-0.2, -0.15) is 0 Å². The van der Waals surface area contributed by atoms with E-state index in [1.807, 2.05) is 6.92 Å². The SMILES string of the molecule is CCCCN1C(=O)c2ccc(C(=O)NC3(C(=O)O)CCCC3)cc2C1=O. The summed E-state index contributed by atoms with van der Waals surface area (Å²) in [6, 6.07) is 4.33. The number of nitrogens with zero attached hydrogens (tertiary/aromatic N) is 1. The lowest BCUT2D eigenvalue weighted by atomic mass is 9.96. The van der Waals surface area contributed by atoms with Crippen molar-refractivity contribution in [1.29, 1.82) is 0 Å². The monoisotopic (exact) mass is 358 g/mol. The number of benzene rings is 1. The molecular formula is C19H22N2O5. The van der Waals surface area contributed by atoms with Gasteiger partial charge in [0.1, 0.15) is 5.54 Å². The molecule has 0 atom stereocenters. The molecule has 26 heavy (non-hydrogen) atoms. The number of imide groups is 1. The first-order valence-corrected chi connectivity index (χ1v) is 8.96. The number of carboxylic acid groups (broad SMARTS) is 1. The maximum absolute atomic E-state index is 12.6. The van der Waals surface area contributed by atoms with E-state index in [-0.39, 0.29) is 22.6 Å². The van der Waals surface area contributed by atoms with Crippen molar-refractivity contribution >= 4 is 23.7 Å². The lowest BCUT2D eigenvalue weighted by molar-refractivity contribution is -0.144. The van der Waals surface area contributed by atoms with E-state index < -0.39 is 23.3 Å². The fraction of sp³-hybridized carbons (Fsp3) is 0.474. The fourth-order valence-corrected chi connectivity index (χ4v) is 3.61. The van der Waals surface area contributed by atoms with E-state index in [1.165, 1.54) is 23.1 Å². The molecule has 1 aromatic rings. The van der Waals surface area contributed by atoms with E-state index >= 15 is 0 Å². The average molecular weight is 358 g/mol. The number of amides is 3. The molecule has 0 unspecified atom stereocenters. The number of carbonyl (C=O) groups excluding carboxylic acids is 3. The predicted octanol–water partition coefficient (Wildman–Crippen LogP) is 2.21. The minimum atomic E-state index is -1.25. The molecule has 1 aliphatic heterocycles. The Morgan fingerprint density at radius 2 is 1.81 bits per heavy atom. The molecular weight excluding hydrogens is 336 g/mol. The third-order valence-corrected chi connectivity index (χ3v) is 5.19. The molecule has 1 heterocycles. The molecule has 7 heteroatoms. The van der Waals surface area contributed by atoms with Gasteiger partial charge in [0, 0.05) is 12.1 Å². The molecule has 3 rings (SSSR count). The topological polar surface area (TPSA) is 104 Å². The molecule has 0 radical (unpaired) electrons. The highest BCUT2D eigenvalue weighted by Gasteiger charge is 2.43. The van der Waals surface area contributed by atoms with E-state index in [1.54, 1.807) is 0 Å². The van der Waals surface area contributed by atoms with Crippen LogP contribution in [0.2, 0.25) is 0 Å². The molecule has 0 bridgehead atoms. The number of carbonyl (C=O) groups is 4. The number of fused-ring (bicyclic) bond motifs is 1. The van der Waals surface area contributed by atoms with Gasteiger partial charge in [0.25, 0.3) is 17.7 Å². The van der Waals surface area contributed by atoms with Crippen LogP contribution >= 0.6 is 0 Å². The van der Waals surface area contributed by atoms with Gasteiger partial charge in [0.15, 0.2) is 0 Å². The first kappa shape index (κ1) is 18.1. The smallest absolute Gasteiger partial charge is 0.329 e. The van der Waals surface area contributed by atoms with Gasteiger partial charge in [-0.3, -0.25) is 19.3 Å². The molecule has 1 aromatic carbocycles. The Morgan fingerprint density at radius 3 is 2.42 bits per heavy atom. The molecule has 1 aliphatic carbocycles. The van der Waals surface area contributed by atoms with Crippen LogP contribution in [-0.2, 0) is 4.79 Å². The van der Waals surface area contributed by atoms with Gasteiger partial charge in [-0.1, -0.05) is 26.2 Å². The first-order valence-electron chi connectivity index (χ1n) is 8.96. The van der Waals surface area contributed by atoms with Gasteiger partial charge in [-0.25, -0.2) is 4.79 Å². The zero-order valence-electron chi connectivity index (χ0n) is 14.7. The molecule has 0 spiro atoms. The second-order valence-electron chi connectivity index (χ2n) is 6.92. The highest BCUT2D eigenvalue weighted by atomic mass is 16.4. The van der Waals surface area contributed by atoms with Crippen LogP contribution in [0.4, 0.5) is 0 Å². The van der Waals surface area contributed by atoms with E-state index in [0.29, 0.717) is 19.4 Å². The summed E-state index contributed by atoms with van der Waals surface area (Å²) < 4.78 is 0. The minimum Gasteiger partial charge on any atom is -0.480 e. The van der Waals surface area contributed by atoms with Gasteiger partial charge in [0.2, 0.25) is 0 Å². The number of carboxylic acids is 1. The number of aliphatic carboxylic acids is 1. The van der Waals surface area contributed by atoms with Gasteiger partial charge in [0.05, 0.1) is 11.1 Å². The molecule has 2 N–H and O–H groups in total. The van der Waals surface area contributed by atoms with Crippen LogP contribution < -0.4 is 5.32 Å². The summed E-state index contributed by atoms with van der Waals surface area (Å²) in [5.74, 6) is -2.32. The fourth-order valence-electron chi connectivity index (χ4n) is 3.61. The van der Waals surface area contributed by atoms with Crippen LogP contribution in [-0.4, -0.2) is 45.8 Å². The standard InChI is InChI=1S/C19H22N2O5/c1-2-3-10-21-16(23)13-7-6-12(11-14(13)17(21)24)15(22)20-19(18(25)26)8-4-5-9-19/h6-7,11H,2-5,8-10H2,1H3,(H,20,22)(H,25,26). The number of hydrogen-bond acceptors (Lipinski definition) is 4. The number of hydrogen-bond donors (Lipinski definition) is 2. The highest BCUT2D eigenvalue weighted by Crippen LogP contribution is 2.31. The third-order valence-electron chi connectivity index (χ3n) is 5.19. The molecule has 3 amide bonds. The van der Waals surface area contributed by atoms with Crippen molar-refractivity contribution in [2.75, 3.05) is 6.54 Å². The molecule has 0 aromatic heterocycles. The second kappa shape index (κ2) is 6.90. The summed E-state index contributed by atoms with van der Waals surface area (Å²) in [5.41, 5.74) is -0.566. The van der Waals surface area contributed by atoms with Crippen molar-refractivity contribution < 1.29 is 24.3 Å². The maximum Gasteiger partial charge on any atom is 0.329 e. The Morgan fingerprint density at radius 1 is 1.15 bits per heavy atom. The molecule has 138 valence electrons. The molecule has 1 fully saturated rings. The summed E-state index contributed by atoms with van der Waals surface area (Å²) in [5, 5.41) is 12.1. The predicted molar refractivity (Wildman–Crippen MR) is 93.0 cm³/mol. The normalized spacial score (nSPS) is 18.1. The maximum atomic E-state index is 12.6. The lowest BCUT2D eigenvalue weighted by Gasteiger charge is -2.25. The van der Waals surface area contributed by atoms with Crippen molar-refractivity contribution in [3.63, 3.8) is 0 Å². The van der Waals surface area contributed by atoms with Crippen molar-refractivity contribution in [2.24, 2.45) is 0 Å². The van der Waals surface area contributed by atoms with Crippen LogP contribution in [0.5, 0.6) is 0 Å². The van der Waals surface area contributed by atoms with Crippen molar-refractivity contribution in [2.45, 2.75) is 51.0 Å². The van der Waals surface area contributed by atoms with Gasteiger partial charge in [-0.05, 0) is 37.5 Å². The van der Waals surface area contributed by atoms with E-state index in [0.717, 1.165) is 25.7 Å². The average Bonchev–Trinajstić information content (AvgIpc) is 3.18. The Bertz CT molecular complexity index is 780. The second-order valence-corrected chi connectivity index (χ2v) is 6.92. The van der Waals surface area contributed by atoms with E-state index in [4.69, 9.17) is 0 Å². The quantitative estimate of drug-likeness (QED) is 0.759. The number of unbranched alkanes of at least 4 members (excludes halogenated alkanes) is 1. The largest absolute Gasteiger partial charge is 0.480 e. The molecule has 7 nitrogen and oxygen atoms in total. The van der Waals surface area contributed by atoms with Crippen molar-refractivity contribution in [1.82, 2.24) is 10.2 Å². The summed E-state index contributed by atoms with van der Waals surface area (Å²) in [6.45, 7) is 2.33. The zero-order chi connectivity index (χ0) is 18.9. The Kier molecular flexibility index (Phi) is 4.80. The van der Waals surface area contributed by atoms with Crippen LogP contribution in [0.1, 0.15) is 76.5 Å². The van der Waals surface area contributed by atoms with Crippen molar-refractivity contribution in [3.8, 4) is 0 Å². The van der Waals surface area contributed by atoms with Gasteiger partial charge >= 0.3 is 5.97 Å². The summed E-state index contributed by atoms with van der Waals surface area (Å²) in [4.78, 5) is 50.2. The lowest BCUT2D eigenvalue weighted by Crippen LogP contribution is -2.52. The number of nitrogens with one attached hydrogen (secondary N) is 1. The molecule has 1 saturated carbocycles. The van der Waals surface area contributed by atoms with Crippen LogP contribution in [0, 0.1) is 0 Å². The summed E-state index contributed by atoms with van der Waals surface area (Å²) in [7, 11) is 0. The Hall–Kier alpha value is -2.70. The molecule has 2 aliphatic rings. The van der Waals surface area contributed by atoms with Crippen LogP contribution in [0.15, 0.2) is 18.2 Å². The Balaban J connectivity index is 1.83. The van der Waals surface area contributed by atoms with Crippen LogP contribution in [0.25, 0.3) is 0 Å². The summed E-state index contributed by atoms with van der Waals surface area (Å²) >= 11 is 0. The summed E-state index contributed by atoms with van der Waals surface area (Å²) in [6.07, 6.45) is 3.85. The van der Waals surface area contributed by atoms with Crippen LogP contribution in [0.3, 0.4) is 0 Å². The first-order chi connectivity index (χ1) is 12.4. The zero-order valence-corrected chi connectivity index (χ0v) is 14.7. The number of rotatable bonds is 6. The van der Waals surface area contributed by atoms with Crippen molar-refractivity contribution in [3.05, 3.63) is 34.9 Å². The van der Waals surface area contributed by atoms with E-state index in [9.17, 15) is 24.3 Å².